The second kappa shape index (κ2) is 28.9. The molecule has 0 spiro atoms. The minimum atomic E-state index is -1.42. The topological polar surface area (TPSA) is 51.2 Å². The van der Waals surface area contributed by atoms with Gasteiger partial charge in [-0.1, -0.05) is 0 Å². The molecule has 0 amide bonds. The van der Waals surface area contributed by atoms with E-state index >= 15 is 0 Å². The summed E-state index contributed by atoms with van der Waals surface area (Å²) in [6, 6.07) is 0. The first kappa shape index (κ1) is 8.97. The van der Waals surface area contributed by atoms with Gasteiger partial charge in [0.25, 0.3) is 0 Å². The molecule has 0 rings (SSSR count). The molecule has 0 heterocycles. The molecule has 5 heteroatoms. The van der Waals surface area contributed by atoms with E-state index in [0.29, 0.717) is 0 Å². The Morgan fingerprint density at radius 1 is 1.20 bits per heavy atom. The SMILES string of the molecule is O=[Si]=O.[O]=[Ru]. The predicted octanol–water partition coefficient (Wildman–Crippen LogP) is -0.740. The summed E-state index contributed by atoms with van der Waals surface area (Å²) in [4.78, 5) is 0. The Morgan fingerprint density at radius 3 is 1.20 bits per heavy atom. The van der Waals surface area contributed by atoms with Crippen LogP contribution in [0.2, 0.25) is 0 Å². The molecule has 0 bridgehead atoms. The molecule has 0 aromatic carbocycles. The first-order chi connectivity index (χ1) is 2.41. The second-order valence-corrected chi connectivity index (χ2v) is 0.250. The Balaban J connectivity index is 0. The normalized spacial score (nSPS) is 2.60. The van der Waals surface area contributed by atoms with Crippen molar-refractivity contribution in [2.24, 2.45) is 0 Å². The molecule has 30 valence electrons. The maximum absolute atomic E-state index is 8.40. The van der Waals surface area contributed by atoms with Gasteiger partial charge in [0.1, 0.15) is 0 Å². The van der Waals surface area contributed by atoms with Crippen LogP contribution in [0.25, 0.3) is 0 Å². The predicted molar refractivity (Wildman–Crippen MR) is 7.81 cm³/mol. The molecule has 0 saturated heterocycles. The van der Waals surface area contributed by atoms with Crippen molar-refractivity contribution < 1.29 is 30.8 Å². The van der Waals surface area contributed by atoms with Crippen LogP contribution >= 0.6 is 0 Å². The van der Waals surface area contributed by atoms with Crippen LogP contribution in [-0.4, -0.2) is 9.29 Å². The van der Waals surface area contributed by atoms with E-state index in [0.717, 1.165) is 18.3 Å². The summed E-state index contributed by atoms with van der Waals surface area (Å²) in [5, 5.41) is 0. The molecule has 0 fully saturated rings. The van der Waals surface area contributed by atoms with Crippen molar-refractivity contribution in [3.8, 4) is 0 Å². The van der Waals surface area contributed by atoms with Crippen LogP contribution in [0.3, 0.4) is 0 Å². The van der Waals surface area contributed by atoms with Crippen molar-refractivity contribution in [2.45, 2.75) is 0 Å². The number of hydrogen-bond acceptors (Lipinski definition) is 3. The molecule has 0 aliphatic rings. The van der Waals surface area contributed by atoms with Gasteiger partial charge in [-0.3, -0.25) is 8.92 Å². The molecule has 5 heavy (non-hydrogen) atoms. The first-order valence-corrected chi connectivity index (χ1v) is 2.08. The Morgan fingerprint density at radius 2 is 1.20 bits per heavy atom. The number of hydrogen-bond donors (Lipinski definition) is 0. The summed E-state index contributed by atoms with van der Waals surface area (Å²) in [5.74, 6) is 0. The molecular weight excluding hydrogens is 177 g/mol. The van der Waals surface area contributed by atoms with Gasteiger partial charge in [0, 0.05) is 0 Å². The van der Waals surface area contributed by atoms with Gasteiger partial charge >= 0.3 is 31.1 Å². The monoisotopic (exact) mass is 178 g/mol. The average molecular weight is 177 g/mol. The van der Waals surface area contributed by atoms with E-state index in [2.05, 4.69) is 0 Å². The summed E-state index contributed by atoms with van der Waals surface area (Å²) < 4.78 is 25.0. The fourth-order valence-electron chi connectivity index (χ4n) is 0. The maximum atomic E-state index is 8.40. The Kier molecular flexibility index (Phi) is 51.9. The zero-order chi connectivity index (χ0) is 4.71. The molecule has 0 aliphatic carbocycles. The second-order valence-electron chi connectivity index (χ2n) is 0.0833. The van der Waals surface area contributed by atoms with Crippen molar-refractivity contribution >= 4 is 9.29 Å². The van der Waals surface area contributed by atoms with Crippen molar-refractivity contribution in [1.29, 1.82) is 0 Å². The molecule has 0 saturated carbocycles. The van der Waals surface area contributed by atoms with Crippen LogP contribution < -0.4 is 0 Å². The van der Waals surface area contributed by atoms with Crippen molar-refractivity contribution in [2.75, 3.05) is 0 Å². The molecule has 0 unspecified atom stereocenters. The van der Waals surface area contributed by atoms with Crippen molar-refractivity contribution in [1.82, 2.24) is 0 Å². The van der Waals surface area contributed by atoms with E-state index in [4.69, 9.17) is 12.5 Å². The van der Waals surface area contributed by atoms with Crippen LogP contribution in [-0.2, 0) is 30.8 Å². The van der Waals surface area contributed by atoms with Gasteiger partial charge in [0.15, 0.2) is 0 Å². The van der Waals surface area contributed by atoms with E-state index in [-0.39, 0.29) is 0 Å². The van der Waals surface area contributed by atoms with Crippen LogP contribution in [0.1, 0.15) is 0 Å². The van der Waals surface area contributed by atoms with E-state index in [1.165, 1.54) is 0 Å². The zero-order valence-corrected chi connectivity index (χ0v) is 4.82. The van der Waals surface area contributed by atoms with E-state index in [1.807, 2.05) is 0 Å². The van der Waals surface area contributed by atoms with Gasteiger partial charge < -0.3 is 0 Å². The van der Waals surface area contributed by atoms with Gasteiger partial charge in [0.05, 0.1) is 0 Å². The van der Waals surface area contributed by atoms with E-state index in [9.17, 15) is 0 Å². The summed E-state index contributed by atoms with van der Waals surface area (Å²) in [5.41, 5.74) is 0. The van der Waals surface area contributed by atoms with Crippen molar-refractivity contribution in [3.05, 3.63) is 0 Å². The van der Waals surface area contributed by atoms with Gasteiger partial charge in [0.2, 0.25) is 0 Å². The molecule has 0 aliphatic heterocycles. The van der Waals surface area contributed by atoms with Crippen LogP contribution in [0, 0.1) is 0 Å². The Bertz CT molecular complexity index is 36.2. The van der Waals surface area contributed by atoms with Gasteiger partial charge in [-0.2, -0.15) is 0 Å². The first-order valence-electron chi connectivity index (χ1n) is 0.553. The summed E-state index contributed by atoms with van der Waals surface area (Å²) in [6.07, 6.45) is 0. The van der Waals surface area contributed by atoms with E-state index in [1.54, 1.807) is 0 Å². The molecule has 0 radical (unpaired) electrons. The third-order valence-electron chi connectivity index (χ3n) is 0. The summed E-state index contributed by atoms with van der Waals surface area (Å²) in [6.45, 7) is 0. The number of rotatable bonds is 0. The average Bonchev–Trinajstić information content (AvgIpc) is 1.46. The fraction of sp³-hybridized carbons (Fsp3) is 0. The molecular formula is O3RuSi. The quantitative estimate of drug-likeness (QED) is 0.458. The minimum absolute atomic E-state index is 1.10. The summed E-state index contributed by atoms with van der Waals surface area (Å²) in [7, 11) is -1.42. The van der Waals surface area contributed by atoms with Gasteiger partial charge in [-0.25, -0.2) is 0 Å². The van der Waals surface area contributed by atoms with Crippen LogP contribution in [0.4, 0.5) is 0 Å². The van der Waals surface area contributed by atoms with E-state index < -0.39 is 9.29 Å². The van der Waals surface area contributed by atoms with Crippen LogP contribution in [0.5, 0.6) is 0 Å². The zero-order valence-electron chi connectivity index (χ0n) is 2.08. The molecule has 3 nitrogen and oxygen atoms in total. The standard InChI is InChI=1S/O2Si.O.Ru/c1-3-2;;. The molecule has 0 aromatic rings. The van der Waals surface area contributed by atoms with Crippen molar-refractivity contribution in [3.63, 3.8) is 0 Å². The van der Waals surface area contributed by atoms with Gasteiger partial charge in [-0.15, -0.1) is 0 Å². The molecule has 0 N–H and O–H groups in total. The fourth-order valence-corrected chi connectivity index (χ4v) is 0. The third-order valence-corrected chi connectivity index (χ3v) is 0. The Hall–Kier alpha value is 0.240. The third kappa shape index (κ3) is 369. The molecule has 0 atom stereocenters. The molecule has 0 aromatic heterocycles. The van der Waals surface area contributed by atoms with Gasteiger partial charge in [-0.05, 0) is 0 Å². The summed E-state index contributed by atoms with van der Waals surface area (Å²) >= 11 is 1.10. The van der Waals surface area contributed by atoms with Crippen LogP contribution in [0.15, 0.2) is 0 Å². The Labute approximate surface area is 40.6 Å².